The molecular formula is C11H5ClF3N3OS. The van der Waals surface area contributed by atoms with Crippen LogP contribution in [-0.4, -0.2) is 4.37 Å². The maximum atomic E-state index is 12.6. The van der Waals surface area contributed by atoms with E-state index >= 15 is 0 Å². The van der Waals surface area contributed by atoms with E-state index in [0.29, 0.717) is 0 Å². The second-order valence-corrected chi connectivity index (χ2v) is 4.95. The van der Waals surface area contributed by atoms with Crippen LogP contribution in [-0.2, 0) is 6.18 Å². The van der Waals surface area contributed by atoms with Crippen LogP contribution in [0.15, 0.2) is 23.0 Å². The highest BCUT2D eigenvalue weighted by molar-refractivity contribution is 7.10. The molecule has 2 N–H and O–H groups in total. The fourth-order valence-electron chi connectivity index (χ4n) is 1.45. The van der Waals surface area contributed by atoms with E-state index in [1.165, 1.54) is 6.07 Å². The van der Waals surface area contributed by atoms with Crippen LogP contribution in [0.4, 0.5) is 23.9 Å². The van der Waals surface area contributed by atoms with Gasteiger partial charge in [0.1, 0.15) is 11.1 Å². The van der Waals surface area contributed by atoms with Gasteiger partial charge in [-0.05, 0) is 29.7 Å². The molecule has 0 unspecified atom stereocenters. The maximum absolute atomic E-state index is 12.6. The molecule has 0 fully saturated rings. The monoisotopic (exact) mass is 319 g/mol. The lowest BCUT2D eigenvalue weighted by Gasteiger charge is -2.10. The van der Waals surface area contributed by atoms with Gasteiger partial charge in [-0.2, -0.15) is 18.4 Å². The lowest BCUT2D eigenvalue weighted by atomic mass is 10.2. The van der Waals surface area contributed by atoms with Gasteiger partial charge in [0.2, 0.25) is 0 Å². The summed E-state index contributed by atoms with van der Waals surface area (Å²) in [6.45, 7) is 0. The highest BCUT2D eigenvalue weighted by atomic mass is 35.5. The second-order valence-electron chi connectivity index (χ2n) is 3.70. The van der Waals surface area contributed by atoms with E-state index in [9.17, 15) is 18.0 Å². The molecule has 104 valence electrons. The van der Waals surface area contributed by atoms with Gasteiger partial charge >= 0.3 is 6.18 Å². The number of halogens is 4. The molecule has 2 rings (SSSR count). The van der Waals surface area contributed by atoms with E-state index < -0.39 is 17.3 Å². The summed E-state index contributed by atoms with van der Waals surface area (Å²) in [5.74, 6) is 0. The number of aromatic amines is 1. The van der Waals surface area contributed by atoms with Crippen LogP contribution in [0.1, 0.15) is 11.1 Å². The van der Waals surface area contributed by atoms with Crippen LogP contribution in [0.25, 0.3) is 0 Å². The molecule has 20 heavy (non-hydrogen) atoms. The molecule has 0 aliphatic rings. The van der Waals surface area contributed by atoms with Crippen molar-refractivity contribution in [3.05, 3.63) is 44.7 Å². The van der Waals surface area contributed by atoms with Gasteiger partial charge in [0.05, 0.1) is 5.56 Å². The van der Waals surface area contributed by atoms with Gasteiger partial charge in [-0.25, -0.2) is 0 Å². The normalized spacial score (nSPS) is 11.2. The van der Waals surface area contributed by atoms with E-state index in [-0.39, 0.29) is 21.3 Å². The first-order valence-corrected chi connectivity index (χ1v) is 6.27. The zero-order chi connectivity index (χ0) is 14.9. The number of aromatic nitrogens is 1. The lowest BCUT2D eigenvalue weighted by Crippen LogP contribution is -2.06. The zero-order valence-corrected chi connectivity index (χ0v) is 11.1. The number of hydrogen-bond acceptors (Lipinski definition) is 4. The molecule has 0 saturated carbocycles. The standard InChI is InChI=1S/C11H5ClF3N3OS/c12-6-1-5(11(13,14)15)2-7(3-6)17-10-8(4-16)9(19)18-20-10/h1-3,17H,(H,18,19). The Hall–Kier alpha value is -1.98. The highest BCUT2D eigenvalue weighted by Gasteiger charge is 2.31. The first-order chi connectivity index (χ1) is 9.31. The van der Waals surface area contributed by atoms with Crippen molar-refractivity contribution >= 4 is 33.8 Å². The molecule has 4 nitrogen and oxygen atoms in total. The molecule has 0 aliphatic carbocycles. The molecule has 0 aliphatic heterocycles. The van der Waals surface area contributed by atoms with Crippen molar-refractivity contribution in [2.45, 2.75) is 6.18 Å². The van der Waals surface area contributed by atoms with Gasteiger partial charge in [-0.1, -0.05) is 11.6 Å². The number of hydrogen-bond donors (Lipinski definition) is 2. The van der Waals surface area contributed by atoms with Crippen molar-refractivity contribution in [3.63, 3.8) is 0 Å². The topological polar surface area (TPSA) is 68.7 Å². The predicted molar refractivity (Wildman–Crippen MR) is 69.4 cm³/mol. The first kappa shape index (κ1) is 14.4. The number of nitrogens with one attached hydrogen (secondary N) is 2. The average molecular weight is 320 g/mol. The van der Waals surface area contributed by atoms with E-state index in [0.717, 1.165) is 23.7 Å². The Kier molecular flexibility index (Phi) is 3.74. The second kappa shape index (κ2) is 5.19. The lowest BCUT2D eigenvalue weighted by molar-refractivity contribution is -0.137. The summed E-state index contributed by atoms with van der Waals surface area (Å²) in [5, 5.41) is 11.4. The Balaban J connectivity index is 2.42. The van der Waals surface area contributed by atoms with Gasteiger partial charge in [0.15, 0.2) is 5.56 Å². The summed E-state index contributed by atoms with van der Waals surface area (Å²) < 4.78 is 40.2. The number of alkyl halides is 3. The van der Waals surface area contributed by atoms with E-state index in [1.807, 2.05) is 0 Å². The van der Waals surface area contributed by atoms with Crippen molar-refractivity contribution in [3.8, 4) is 6.07 Å². The molecule has 0 spiro atoms. The molecule has 2 aromatic rings. The molecular weight excluding hydrogens is 315 g/mol. The van der Waals surface area contributed by atoms with Crippen molar-refractivity contribution in [1.82, 2.24) is 4.37 Å². The maximum Gasteiger partial charge on any atom is 0.416 e. The summed E-state index contributed by atoms with van der Waals surface area (Å²) in [5.41, 5.74) is -1.67. The summed E-state index contributed by atoms with van der Waals surface area (Å²) in [7, 11) is 0. The molecule has 0 bridgehead atoms. The highest BCUT2D eigenvalue weighted by Crippen LogP contribution is 2.34. The summed E-state index contributed by atoms with van der Waals surface area (Å²) in [4.78, 5) is 11.2. The SMILES string of the molecule is N#Cc1c(Nc2cc(Cl)cc(C(F)(F)F)c2)s[nH]c1=O. The molecule has 0 amide bonds. The fourth-order valence-corrected chi connectivity index (χ4v) is 2.39. The van der Waals surface area contributed by atoms with Crippen LogP contribution in [0.2, 0.25) is 5.02 Å². The van der Waals surface area contributed by atoms with Gasteiger partial charge in [-0.3, -0.25) is 9.17 Å². The van der Waals surface area contributed by atoms with E-state index in [1.54, 1.807) is 6.07 Å². The van der Waals surface area contributed by atoms with Gasteiger partial charge in [0.25, 0.3) is 5.56 Å². The smallest absolute Gasteiger partial charge is 0.345 e. The summed E-state index contributed by atoms with van der Waals surface area (Å²) in [6, 6.07) is 4.57. The number of rotatable bonds is 2. The number of anilines is 2. The third kappa shape index (κ3) is 2.95. The van der Waals surface area contributed by atoms with Crippen LogP contribution < -0.4 is 10.9 Å². The van der Waals surface area contributed by atoms with Crippen molar-refractivity contribution in [2.24, 2.45) is 0 Å². The minimum absolute atomic E-state index is 0.0385. The number of nitrogens with zero attached hydrogens (tertiary/aromatic N) is 1. The summed E-state index contributed by atoms with van der Waals surface area (Å²) in [6.07, 6.45) is -4.54. The molecule has 0 atom stereocenters. The number of nitriles is 1. The average Bonchev–Trinajstić information content (AvgIpc) is 2.68. The predicted octanol–water partition coefficient (Wildman–Crippen LogP) is 3.72. The largest absolute Gasteiger partial charge is 0.416 e. The number of H-pyrrole nitrogens is 1. The molecule has 1 aromatic carbocycles. The quantitative estimate of drug-likeness (QED) is 0.886. The Labute approximate surface area is 119 Å². The first-order valence-electron chi connectivity index (χ1n) is 5.07. The van der Waals surface area contributed by atoms with Gasteiger partial charge < -0.3 is 5.32 Å². The Bertz CT molecular complexity index is 745. The molecule has 0 radical (unpaired) electrons. The minimum Gasteiger partial charge on any atom is -0.345 e. The van der Waals surface area contributed by atoms with Gasteiger partial charge in [0, 0.05) is 10.7 Å². The van der Waals surface area contributed by atoms with E-state index in [4.69, 9.17) is 16.9 Å². The Morgan fingerprint density at radius 3 is 2.65 bits per heavy atom. The van der Waals surface area contributed by atoms with Crippen molar-refractivity contribution in [2.75, 3.05) is 5.32 Å². The fraction of sp³-hybridized carbons (Fsp3) is 0.0909. The molecule has 0 saturated heterocycles. The minimum atomic E-state index is -4.54. The Morgan fingerprint density at radius 2 is 2.05 bits per heavy atom. The van der Waals surface area contributed by atoms with Crippen molar-refractivity contribution in [1.29, 1.82) is 5.26 Å². The zero-order valence-electron chi connectivity index (χ0n) is 9.51. The van der Waals surface area contributed by atoms with Crippen LogP contribution in [0, 0.1) is 11.3 Å². The van der Waals surface area contributed by atoms with Crippen LogP contribution in [0.5, 0.6) is 0 Å². The summed E-state index contributed by atoms with van der Waals surface area (Å²) >= 11 is 6.45. The van der Waals surface area contributed by atoms with E-state index in [2.05, 4.69) is 9.69 Å². The third-order valence-corrected chi connectivity index (χ3v) is 3.31. The van der Waals surface area contributed by atoms with Crippen molar-refractivity contribution < 1.29 is 13.2 Å². The molecule has 1 aromatic heterocycles. The van der Waals surface area contributed by atoms with Crippen LogP contribution in [0.3, 0.4) is 0 Å². The molecule has 1 heterocycles. The van der Waals surface area contributed by atoms with Crippen LogP contribution >= 0.6 is 23.1 Å². The number of benzene rings is 1. The molecule has 9 heteroatoms. The third-order valence-electron chi connectivity index (χ3n) is 2.29. The van der Waals surface area contributed by atoms with Gasteiger partial charge in [-0.15, -0.1) is 0 Å². The Morgan fingerprint density at radius 1 is 1.35 bits per heavy atom.